The third-order valence-electron chi connectivity index (χ3n) is 3.29. The van der Waals surface area contributed by atoms with Crippen LogP contribution in [-0.4, -0.2) is 36.3 Å². The SMILES string of the molecule is O=C1CCN(C(=O)c2cc3cc(F)ccc3s2)CCN1. The first kappa shape index (κ1) is 13.1. The van der Waals surface area contributed by atoms with Crippen molar-refractivity contribution >= 4 is 33.2 Å². The number of hydrogen-bond donors (Lipinski definition) is 1. The van der Waals surface area contributed by atoms with Crippen LogP contribution in [0.25, 0.3) is 10.1 Å². The van der Waals surface area contributed by atoms with Crippen molar-refractivity contribution in [3.63, 3.8) is 0 Å². The van der Waals surface area contributed by atoms with Gasteiger partial charge in [0.25, 0.3) is 5.91 Å². The van der Waals surface area contributed by atoms with Gasteiger partial charge in [0, 0.05) is 30.8 Å². The van der Waals surface area contributed by atoms with Gasteiger partial charge in [-0.1, -0.05) is 0 Å². The summed E-state index contributed by atoms with van der Waals surface area (Å²) >= 11 is 1.35. The van der Waals surface area contributed by atoms with Crippen molar-refractivity contribution in [2.24, 2.45) is 0 Å². The highest BCUT2D eigenvalue weighted by atomic mass is 32.1. The van der Waals surface area contributed by atoms with Crippen molar-refractivity contribution in [1.82, 2.24) is 10.2 Å². The minimum absolute atomic E-state index is 0.0290. The lowest BCUT2D eigenvalue weighted by atomic mass is 10.2. The Morgan fingerprint density at radius 1 is 1.30 bits per heavy atom. The van der Waals surface area contributed by atoms with Crippen molar-refractivity contribution in [2.75, 3.05) is 19.6 Å². The number of fused-ring (bicyclic) bond motifs is 1. The molecule has 1 aliphatic rings. The first-order chi connectivity index (χ1) is 9.63. The van der Waals surface area contributed by atoms with Gasteiger partial charge in [0.1, 0.15) is 5.82 Å². The number of benzene rings is 1. The van der Waals surface area contributed by atoms with E-state index in [4.69, 9.17) is 0 Å². The Hall–Kier alpha value is -1.95. The summed E-state index contributed by atoms with van der Waals surface area (Å²) in [6, 6.07) is 6.21. The third kappa shape index (κ3) is 2.51. The van der Waals surface area contributed by atoms with E-state index in [2.05, 4.69) is 5.32 Å². The average Bonchev–Trinajstić information content (AvgIpc) is 2.72. The number of halogens is 1. The zero-order valence-electron chi connectivity index (χ0n) is 10.7. The Balaban J connectivity index is 1.86. The molecule has 104 valence electrons. The van der Waals surface area contributed by atoms with Gasteiger partial charge >= 0.3 is 0 Å². The van der Waals surface area contributed by atoms with Crippen LogP contribution < -0.4 is 5.32 Å². The fourth-order valence-electron chi connectivity index (χ4n) is 2.25. The van der Waals surface area contributed by atoms with E-state index in [0.29, 0.717) is 30.9 Å². The summed E-state index contributed by atoms with van der Waals surface area (Å²) in [4.78, 5) is 25.9. The number of carbonyl (C=O) groups is 2. The van der Waals surface area contributed by atoms with Gasteiger partial charge < -0.3 is 10.2 Å². The van der Waals surface area contributed by atoms with E-state index < -0.39 is 0 Å². The van der Waals surface area contributed by atoms with Gasteiger partial charge in [-0.25, -0.2) is 4.39 Å². The van der Waals surface area contributed by atoms with Crippen molar-refractivity contribution in [3.05, 3.63) is 35.0 Å². The summed E-state index contributed by atoms with van der Waals surface area (Å²) in [5.74, 6) is -0.430. The number of nitrogens with zero attached hydrogens (tertiary/aromatic N) is 1. The minimum Gasteiger partial charge on any atom is -0.354 e. The minimum atomic E-state index is -0.307. The molecule has 2 aromatic rings. The Morgan fingerprint density at radius 3 is 3.00 bits per heavy atom. The zero-order valence-corrected chi connectivity index (χ0v) is 11.5. The highest BCUT2D eigenvalue weighted by Crippen LogP contribution is 2.27. The molecule has 1 N–H and O–H groups in total. The van der Waals surface area contributed by atoms with Crippen LogP contribution in [0.1, 0.15) is 16.1 Å². The summed E-state index contributed by atoms with van der Waals surface area (Å²) in [5.41, 5.74) is 0. The van der Waals surface area contributed by atoms with Crippen LogP contribution in [0.15, 0.2) is 24.3 Å². The lowest BCUT2D eigenvalue weighted by molar-refractivity contribution is -0.120. The standard InChI is InChI=1S/C14H13FN2O2S/c15-10-1-2-11-9(7-10)8-12(20-11)14(19)17-5-3-13(18)16-4-6-17/h1-2,7-8H,3-6H2,(H,16,18). The molecule has 1 saturated heterocycles. The Kier molecular flexibility index (Phi) is 3.40. The molecular formula is C14H13FN2O2S. The van der Waals surface area contributed by atoms with E-state index in [1.165, 1.54) is 23.5 Å². The summed E-state index contributed by atoms with van der Waals surface area (Å²) in [7, 11) is 0. The zero-order chi connectivity index (χ0) is 14.1. The molecule has 0 atom stereocenters. The molecule has 6 heteroatoms. The lowest BCUT2D eigenvalue weighted by Crippen LogP contribution is -2.33. The van der Waals surface area contributed by atoms with E-state index in [9.17, 15) is 14.0 Å². The molecule has 1 aromatic carbocycles. The number of carbonyl (C=O) groups excluding carboxylic acids is 2. The molecule has 0 radical (unpaired) electrons. The topological polar surface area (TPSA) is 49.4 Å². The van der Waals surface area contributed by atoms with Crippen LogP contribution >= 0.6 is 11.3 Å². The van der Waals surface area contributed by atoms with Gasteiger partial charge in [-0.2, -0.15) is 0 Å². The number of rotatable bonds is 1. The lowest BCUT2D eigenvalue weighted by Gasteiger charge is -2.18. The molecule has 1 fully saturated rings. The summed E-state index contributed by atoms with van der Waals surface area (Å²) < 4.78 is 14.0. The number of thiophene rings is 1. The van der Waals surface area contributed by atoms with Crippen molar-refractivity contribution in [1.29, 1.82) is 0 Å². The summed E-state index contributed by atoms with van der Waals surface area (Å²) in [6.07, 6.45) is 0.325. The van der Waals surface area contributed by atoms with Crippen LogP contribution in [0, 0.1) is 5.82 Å². The molecule has 3 rings (SSSR count). The predicted octanol–water partition coefficient (Wildman–Crippen LogP) is 2.00. The van der Waals surface area contributed by atoms with Gasteiger partial charge in [-0.05, 0) is 29.7 Å². The fraction of sp³-hybridized carbons (Fsp3) is 0.286. The van der Waals surface area contributed by atoms with E-state index in [1.807, 2.05) is 0 Å². The van der Waals surface area contributed by atoms with Gasteiger partial charge in [0.15, 0.2) is 0 Å². The number of hydrogen-bond acceptors (Lipinski definition) is 3. The van der Waals surface area contributed by atoms with Gasteiger partial charge in [0.2, 0.25) is 5.91 Å². The molecule has 2 amide bonds. The Labute approximate surface area is 119 Å². The maximum atomic E-state index is 13.2. The van der Waals surface area contributed by atoms with E-state index in [-0.39, 0.29) is 17.6 Å². The van der Waals surface area contributed by atoms with Gasteiger partial charge in [-0.3, -0.25) is 9.59 Å². The predicted molar refractivity (Wildman–Crippen MR) is 75.3 cm³/mol. The van der Waals surface area contributed by atoms with E-state index >= 15 is 0 Å². The monoisotopic (exact) mass is 292 g/mol. The van der Waals surface area contributed by atoms with Crippen molar-refractivity contribution in [2.45, 2.75) is 6.42 Å². The Morgan fingerprint density at radius 2 is 2.15 bits per heavy atom. The summed E-state index contributed by atoms with van der Waals surface area (Å²) in [6.45, 7) is 1.41. The van der Waals surface area contributed by atoms with Gasteiger partial charge in [0.05, 0.1) is 4.88 Å². The average molecular weight is 292 g/mol. The molecule has 0 aliphatic carbocycles. The fourth-order valence-corrected chi connectivity index (χ4v) is 3.26. The molecule has 1 aliphatic heterocycles. The smallest absolute Gasteiger partial charge is 0.264 e. The second-order valence-corrected chi connectivity index (χ2v) is 5.77. The molecule has 1 aromatic heterocycles. The van der Waals surface area contributed by atoms with Crippen molar-refractivity contribution in [3.8, 4) is 0 Å². The first-order valence-corrected chi connectivity index (χ1v) is 7.20. The maximum Gasteiger partial charge on any atom is 0.264 e. The molecule has 20 heavy (non-hydrogen) atoms. The molecular weight excluding hydrogens is 279 g/mol. The second-order valence-electron chi connectivity index (χ2n) is 4.68. The first-order valence-electron chi connectivity index (χ1n) is 6.38. The quantitative estimate of drug-likeness (QED) is 0.874. The highest BCUT2D eigenvalue weighted by Gasteiger charge is 2.21. The van der Waals surface area contributed by atoms with Crippen LogP contribution in [0.2, 0.25) is 0 Å². The number of nitrogens with one attached hydrogen (secondary N) is 1. The molecule has 2 heterocycles. The maximum absolute atomic E-state index is 13.2. The molecule has 0 bridgehead atoms. The molecule has 4 nitrogen and oxygen atoms in total. The summed E-state index contributed by atoms with van der Waals surface area (Å²) in [5, 5.41) is 3.47. The van der Waals surface area contributed by atoms with Crippen LogP contribution in [0.4, 0.5) is 4.39 Å². The largest absolute Gasteiger partial charge is 0.354 e. The normalized spacial score (nSPS) is 16.1. The van der Waals surface area contributed by atoms with Crippen LogP contribution in [0.3, 0.4) is 0 Å². The molecule has 0 spiro atoms. The Bertz CT molecular complexity index is 683. The molecule has 0 saturated carbocycles. The highest BCUT2D eigenvalue weighted by molar-refractivity contribution is 7.20. The number of amides is 2. The van der Waals surface area contributed by atoms with E-state index in [0.717, 1.165) is 10.1 Å². The van der Waals surface area contributed by atoms with Gasteiger partial charge in [-0.15, -0.1) is 11.3 Å². The van der Waals surface area contributed by atoms with Crippen LogP contribution in [0.5, 0.6) is 0 Å². The van der Waals surface area contributed by atoms with E-state index in [1.54, 1.807) is 17.0 Å². The van der Waals surface area contributed by atoms with Crippen LogP contribution in [-0.2, 0) is 4.79 Å². The molecule has 0 unspecified atom stereocenters. The van der Waals surface area contributed by atoms with Crippen molar-refractivity contribution < 1.29 is 14.0 Å². The third-order valence-corrected chi connectivity index (χ3v) is 4.39. The second kappa shape index (κ2) is 5.20.